The zero-order valence-corrected chi connectivity index (χ0v) is 16.6. The third kappa shape index (κ3) is 4.46. The number of nitrogens with one attached hydrogen (secondary N) is 1. The monoisotopic (exact) mass is 417 g/mol. The summed E-state index contributed by atoms with van der Waals surface area (Å²) >= 11 is 3.54. The Balaban J connectivity index is 1.84. The Morgan fingerprint density at radius 3 is 2.69 bits per heavy atom. The van der Waals surface area contributed by atoms with E-state index in [1.54, 1.807) is 6.07 Å². The summed E-state index contributed by atoms with van der Waals surface area (Å²) in [6.45, 7) is 3.97. The van der Waals surface area contributed by atoms with Gasteiger partial charge in [0.15, 0.2) is 0 Å². The molecule has 2 aromatic carbocycles. The number of benzene rings is 2. The van der Waals surface area contributed by atoms with Crippen molar-refractivity contribution in [3.05, 3.63) is 64.1 Å². The minimum Gasteiger partial charge on any atom is -0.494 e. The summed E-state index contributed by atoms with van der Waals surface area (Å²) < 4.78 is 12.2. The number of carbonyl (C=O) groups excluding carboxylic acids is 1. The van der Waals surface area contributed by atoms with E-state index < -0.39 is 5.54 Å². The number of hydrogen-bond acceptors (Lipinski definition) is 3. The van der Waals surface area contributed by atoms with Gasteiger partial charge in [-0.15, -0.1) is 0 Å². The van der Waals surface area contributed by atoms with Crippen molar-refractivity contribution in [1.29, 1.82) is 0 Å². The summed E-state index contributed by atoms with van der Waals surface area (Å²) in [4.78, 5) is 13.0. The SMILES string of the molecule is CCCOc1cccc(C(=O)NC2(c3cccc(Br)c3)CCOCC2)c1. The Hall–Kier alpha value is -1.85. The van der Waals surface area contributed by atoms with Gasteiger partial charge >= 0.3 is 0 Å². The molecule has 1 aliphatic rings. The predicted molar refractivity (Wildman–Crippen MR) is 106 cm³/mol. The molecule has 1 fully saturated rings. The molecule has 1 N–H and O–H groups in total. The highest BCUT2D eigenvalue weighted by molar-refractivity contribution is 9.10. The Labute approximate surface area is 163 Å². The highest BCUT2D eigenvalue weighted by Crippen LogP contribution is 2.34. The highest BCUT2D eigenvalue weighted by Gasteiger charge is 2.36. The lowest BCUT2D eigenvalue weighted by molar-refractivity contribution is 0.0345. The summed E-state index contributed by atoms with van der Waals surface area (Å²) in [6.07, 6.45) is 2.44. The van der Waals surface area contributed by atoms with Gasteiger partial charge in [0.25, 0.3) is 5.91 Å². The first-order chi connectivity index (χ1) is 12.6. The molecule has 2 aromatic rings. The van der Waals surface area contributed by atoms with Crippen molar-refractivity contribution in [2.75, 3.05) is 19.8 Å². The molecule has 5 heteroatoms. The third-order valence-corrected chi connectivity index (χ3v) is 5.14. The van der Waals surface area contributed by atoms with E-state index in [1.165, 1.54) is 0 Å². The van der Waals surface area contributed by atoms with Crippen LogP contribution in [-0.2, 0) is 10.3 Å². The molecule has 3 rings (SSSR count). The van der Waals surface area contributed by atoms with Crippen LogP contribution < -0.4 is 10.1 Å². The number of carbonyl (C=O) groups is 1. The van der Waals surface area contributed by atoms with Crippen LogP contribution in [0.4, 0.5) is 0 Å². The van der Waals surface area contributed by atoms with E-state index in [2.05, 4.69) is 40.3 Å². The maximum Gasteiger partial charge on any atom is 0.252 e. The molecule has 1 amide bonds. The summed E-state index contributed by atoms with van der Waals surface area (Å²) in [5, 5.41) is 3.28. The maximum absolute atomic E-state index is 13.0. The van der Waals surface area contributed by atoms with Gasteiger partial charge in [0.2, 0.25) is 0 Å². The van der Waals surface area contributed by atoms with E-state index in [9.17, 15) is 4.79 Å². The van der Waals surface area contributed by atoms with Gasteiger partial charge in [-0.25, -0.2) is 0 Å². The molecular weight excluding hydrogens is 394 g/mol. The van der Waals surface area contributed by atoms with Crippen LogP contribution in [-0.4, -0.2) is 25.7 Å². The number of halogens is 1. The molecule has 138 valence electrons. The molecule has 0 bridgehead atoms. The van der Waals surface area contributed by atoms with Crippen LogP contribution in [0.25, 0.3) is 0 Å². The number of hydrogen-bond donors (Lipinski definition) is 1. The third-order valence-electron chi connectivity index (χ3n) is 4.65. The minimum atomic E-state index is -0.417. The van der Waals surface area contributed by atoms with Gasteiger partial charge in [0.1, 0.15) is 5.75 Å². The van der Waals surface area contributed by atoms with E-state index in [0.29, 0.717) is 25.4 Å². The summed E-state index contributed by atoms with van der Waals surface area (Å²) in [6, 6.07) is 15.5. The Morgan fingerprint density at radius 1 is 1.19 bits per heavy atom. The van der Waals surface area contributed by atoms with Crippen LogP contribution in [0.5, 0.6) is 5.75 Å². The molecule has 1 heterocycles. The maximum atomic E-state index is 13.0. The largest absolute Gasteiger partial charge is 0.494 e. The fraction of sp³-hybridized carbons (Fsp3) is 0.381. The second-order valence-corrected chi connectivity index (χ2v) is 7.45. The van der Waals surface area contributed by atoms with Gasteiger partial charge in [-0.3, -0.25) is 4.79 Å². The molecule has 0 aromatic heterocycles. The van der Waals surface area contributed by atoms with Crippen molar-refractivity contribution in [3.8, 4) is 5.75 Å². The van der Waals surface area contributed by atoms with Crippen molar-refractivity contribution in [3.63, 3.8) is 0 Å². The lowest BCUT2D eigenvalue weighted by Crippen LogP contribution is -2.49. The Kier molecular flexibility index (Phi) is 6.33. The van der Waals surface area contributed by atoms with Gasteiger partial charge in [0.05, 0.1) is 12.1 Å². The zero-order valence-electron chi connectivity index (χ0n) is 15.0. The standard InChI is InChI=1S/C21H24BrNO3/c1-2-11-26-19-8-3-5-16(14-19)20(24)23-21(9-12-25-13-10-21)17-6-4-7-18(22)15-17/h3-8,14-15H,2,9-13H2,1H3,(H,23,24). The Morgan fingerprint density at radius 2 is 1.96 bits per heavy atom. The lowest BCUT2D eigenvalue weighted by atomic mass is 9.82. The average molecular weight is 418 g/mol. The topological polar surface area (TPSA) is 47.6 Å². The van der Waals surface area contributed by atoms with Crippen LogP contribution in [0.15, 0.2) is 53.0 Å². The first-order valence-corrected chi connectivity index (χ1v) is 9.81. The lowest BCUT2D eigenvalue weighted by Gasteiger charge is -2.38. The van der Waals surface area contributed by atoms with Gasteiger partial charge in [0, 0.05) is 23.2 Å². The average Bonchev–Trinajstić information content (AvgIpc) is 2.67. The fourth-order valence-corrected chi connectivity index (χ4v) is 3.63. The molecule has 0 atom stereocenters. The minimum absolute atomic E-state index is 0.0891. The van der Waals surface area contributed by atoms with E-state index >= 15 is 0 Å². The number of amides is 1. The van der Waals surface area contributed by atoms with Crippen molar-refractivity contribution < 1.29 is 14.3 Å². The van der Waals surface area contributed by atoms with E-state index in [4.69, 9.17) is 9.47 Å². The number of ether oxygens (including phenoxy) is 2. The molecule has 4 nitrogen and oxygen atoms in total. The van der Waals surface area contributed by atoms with E-state index in [0.717, 1.165) is 35.0 Å². The van der Waals surface area contributed by atoms with E-state index in [-0.39, 0.29) is 5.91 Å². The van der Waals surface area contributed by atoms with Crippen molar-refractivity contribution in [1.82, 2.24) is 5.32 Å². The van der Waals surface area contributed by atoms with Gasteiger partial charge in [-0.2, -0.15) is 0 Å². The quantitative estimate of drug-likeness (QED) is 0.742. The second-order valence-electron chi connectivity index (χ2n) is 6.54. The van der Waals surface area contributed by atoms with Gasteiger partial charge in [-0.05, 0) is 55.2 Å². The molecule has 1 aliphatic heterocycles. The molecule has 0 aliphatic carbocycles. The molecule has 0 saturated carbocycles. The van der Waals surface area contributed by atoms with Crippen molar-refractivity contribution in [2.24, 2.45) is 0 Å². The number of rotatable bonds is 6. The van der Waals surface area contributed by atoms with Crippen molar-refractivity contribution >= 4 is 21.8 Å². The van der Waals surface area contributed by atoms with E-state index in [1.807, 2.05) is 30.3 Å². The van der Waals surface area contributed by atoms with Crippen molar-refractivity contribution in [2.45, 2.75) is 31.7 Å². The molecular formula is C21H24BrNO3. The molecule has 0 radical (unpaired) electrons. The smallest absolute Gasteiger partial charge is 0.252 e. The van der Waals surface area contributed by atoms with Gasteiger partial charge < -0.3 is 14.8 Å². The van der Waals surface area contributed by atoms with Crippen LogP contribution >= 0.6 is 15.9 Å². The summed E-state index contributed by atoms with van der Waals surface area (Å²) in [5.41, 5.74) is 1.29. The van der Waals surface area contributed by atoms with Crippen LogP contribution in [0.3, 0.4) is 0 Å². The highest BCUT2D eigenvalue weighted by atomic mass is 79.9. The first kappa shape index (κ1) is 18.9. The summed E-state index contributed by atoms with van der Waals surface area (Å²) in [7, 11) is 0. The molecule has 0 spiro atoms. The Bertz CT molecular complexity index is 756. The normalized spacial score (nSPS) is 16.1. The van der Waals surface area contributed by atoms with Crippen LogP contribution in [0.2, 0.25) is 0 Å². The second kappa shape index (κ2) is 8.69. The van der Waals surface area contributed by atoms with Gasteiger partial charge in [-0.1, -0.05) is 41.1 Å². The first-order valence-electron chi connectivity index (χ1n) is 9.02. The molecule has 26 heavy (non-hydrogen) atoms. The predicted octanol–water partition coefficient (Wildman–Crippen LogP) is 4.67. The fourth-order valence-electron chi connectivity index (χ4n) is 3.23. The molecule has 0 unspecified atom stereocenters. The van der Waals surface area contributed by atoms with Crippen LogP contribution in [0, 0.1) is 0 Å². The van der Waals surface area contributed by atoms with Crippen LogP contribution in [0.1, 0.15) is 42.1 Å². The molecule has 1 saturated heterocycles. The summed E-state index contributed by atoms with van der Waals surface area (Å²) in [5.74, 6) is 0.636. The zero-order chi connectivity index (χ0) is 18.4.